The van der Waals surface area contributed by atoms with Crippen molar-refractivity contribution < 1.29 is 13.0 Å². The number of rotatable bonds is 1. The molecule has 0 heterocycles. The lowest BCUT2D eigenvalue weighted by Gasteiger charge is -2.26. The molecule has 0 spiro atoms. The second-order valence-corrected chi connectivity index (χ2v) is 6.71. The first-order chi connectivity index (χ1) is 8.21. The largest absolute Gasteiger partial charge is 0.744 e. The summed E-state index contributed by atoms with van der Waals surface area (Å²) < 4.78 is 34.2. The Kier molecular flexibility index (Phi) is 2.95. The van der Waals surface area contributed by atoms with Crippen molar-refractivity contribution in [2.45, 2.75) is 31.1 Å². The summed E-state index contributed by atoms with van der Waals surface area (Å²) in [5.41, 5.74) is 0.184. The van der Waals surface area contributed by atoms with Crippen LogP contribution in [0.5, 0.6) is 0 Å². The zero-order valence-electron chi connectivity index (χ0n) is 10.6. The lowest BCUT2D eigenvalue weighted by atomic mass is 9.83. The van der Waals surface area contributed by atoms with Crippen LogP contribution in [-0.2, 0) is 15.5 Å². The highest BCUT2D eigenvalue weighted by Crippen LogP contribution is 2.35. The molecule has 0 saturated carbocycles. The van der Waals surface area contributed by atoms with Crippen LogP contribution in [0.1, 0.15) is 26.3 Å². The van der Waals surface area contributed by atoms with Gasteiger partial charge >= 0.3 is 0 Å². The Hall–Kier alpha value is -1.39. The Balaban J connectivity index is 2.98. The van der Waals surface area contributed by atoms with Crippen molar-refractivity contribution in [3.8, 4) is 0 Å². The van der Waals surface area contributed by atoms with Crippen LogP contribution in [0.3, 0.4) is 0 Å². The van der Waals surface area contributed by atoms with Crippen LogP contribution in [0, 0.1) is 0 Å². The van der Waals surface area contributed by atoms with Gasteiger partial charge in [-0.15, -0.1) is 0 Å². The highest BCUT2D eigenvalue weighted by molar-refractivity contribution is 7.85. The lowest BCUT2D eigenvalue weighted by Crippen LogP contribution is -2.17. The van der Waals surface area contributed by atoms with E-state index < -0.39 is 15.5 Å². The van der Waals surface area contributed by atoms with Crippen LogP contribution >= 0.6 is 0 Å². The summed E-state index contributed by atoms with van der Waals surface area (Å²) in [5, 5.41) is 1.76. The molecule has 0 radical (unpaired) electrons. The van der Waals surface area contributed by atoms with Gasteiger partial charge in [-0.2, -0.15) is 0 Å². The van der Waals surface area contributed by atoms with Gasteiger partial charge in [-0.05, 0) is 27.8 Å². The molecular weight excluding hydrogens is 248 g/mol. The fraction of sp³-hybridized carbons (Fsp3) is 0.286. The van der Waals surface area contributed by atoms with Crippen LogP contribution in [0.25, 0.3) is 10.8 Å². The summed E-state index contributed by atoms with van der Waals surface area (Å²) in [6.07, 6.45) is 0. The molecule has 0 unspecified atom stereocenters. The van der Waals surface area contributed by atoms with Crippen molar-refractivity contribution in [1.29, 1.82) is 0 Å². The Morgan fingerprint density at radius 1 is 1.00 bits per heavy atom. The number of fused-ring (bicyclic) bond motifs is 1. The smallest absolute Gasteiger partial charge is 0.124 e. The zero-order valence-corrected chi connectivity index (χ0v) is 11.4. The van der Waals surface area contributed by atoms with Crippen LogP contribution in [0.2, 0.25) is 0 Å². The predicted octanol–water partition coefficient (Wildman–Crippen LogP) is 3.04. The number of hydrogen-bond donors (Lipinski definition) is 0. The first kappa shape index (κ1) is 13.1. The first-order valence-electron chi connectivity index (χ1n) is 5.69. The normalized spacial score (nSPS) is 12.9. The Morgan fingerprint density at radius 3 is 2.17 bits per heavy atom. The van der Waals surface area contributed by atoms with Gasteiger partial charge in [0.05, 0.1) is 4.90 Å². The van der Waals surface area contributed by atoms with Gasteiger partial charge in [-0.25, -0.2) is 8.42 Å². The van der Waals surface area contributed by atoms with E-state index in [1.165, 1.54) is 6.07 Å². The zero-order chi connectivity index (χ0) is 13.6. The van der Waals surface area contributed by atoms with Crippen LogP contribution in [0.4, 0.5) is 0 Å². The van der Waals surface area contributed by atoms with Crippen molar-refractivity contribution in [2.24, 2.45) is 0 Å². The maximum Gasteiger partial charge on any atom is 0.124 e. The van der Waals surface area contributed by atoms with Crippen molar-refractivity contribution in [1.82, 2.24) is 0 Å². The van der Waals surface area contributed by atoms with Crippen LogP contribution in [0.15, 0.2) is 41.3 Å². The highest BCUT2D eigenvalue weighted by atomic mass is 32.2. The average molecular weight is 263 g/mol. The number of benzene rings is 2. The van der Waals surface area contributed by atoms with Gasteiger partial charge < -0.3 is 4.55 Å². The Labute approximate surface area is 107 Å². The molecule has 0 aliphatic heterocycles. The van der Waals surface area contributed by atoms with Gasteiger partial charge in [0.1, 0.15) is 10.1 Å². The van der Waals surface area contributed by atoms with E-state index in [0.29, 0.717) is 5.56 Å². The average Bonchev–Trinajstić information content (AvgIpc) is 2.24. The van der Waals surface area contributed by atoms with Crippen molar-refractivity contribution in [3.05, 3.63) is 42.0 Å². The van der Waals surface area contributed by atoms with Gasteiger partial charge in [0.15, 0.2) is 0 Å². The molecular formula is C14H15O3S-. The molecule has 0 aromatic heterocycles. The topological polar surface area (TPSA) is 57.2 Å². The van der Waals surface area contributed by atoms with E-state index in [2.05, 4.69) is 0 Å². The van der Waals surface area contributed by atoms with Gasteiger partial charge in [0.2, 0.25) is 0 Å². The van der Waals surface area contributed by atoms with Crippen molar-refractivity contribution in [3.63, 3.8) is 0 Å². The molecule has 0 fully saturated rings. The van der Waals surface area contributed by atoms with Gasteiger partial charge in [-0.1, -0.05) is 51.1 Å². The molecule has 4 heteroatoms. The van der Waals surface area contributed by atoms with E-state index in [1.807, 2.05) is 45.0 Å². The first-order valence-corrected chi connectivity index (χ1v) is 7.10. The third kappa shape index (κ3) is 2.26. The summed E-state index contributed by atoms with van der Waals surface area (Å²) in [6.45, 7) is 5.72. The Morgan fingerprint density at radius 2 is 1.61 bits per heavy atom. The van der Waals surface area contributed by atoms with Crippen LogP contribution < -0.4 is 0 Å². The minimum Gasteiger partial charge on any atom is -0.744 e. The molecule has 18 heavy (non-hydrogen) atoms. The van der Waals surface area contributed by atoms with Gasteiger partial charge in [-0.3, -0.25) is 0 Å². The third-order valence-electron chi connectivity index (χ3n) is 2.91. The summed E-state index contributed by atoms with van der Waals surface area (Å²) in [6, 6.07) is 10.6. The van der Waals surface area contributed by atoms with E-state index in [1.54, 1.807) is 6.07 Å². The molecule has 2 rings (SSSR count). The molecule has 2 aromatic rings. The molecule has 2 aromatic carbocycles. The highest BCUT2D eigenvalue weighted by Gasteiger charge is 2.23. The summed E-state index contributed by atoms with van der Waals surface area (Å²) in [5.74, 6) is 0. The van der Waals surface area contributed by atoms with Gasteiger partial charge in [0, 0.05) is 0 Å². The van der Waals surface area contributed by atoms with E-state index in [4.69, 9.17) is 0 Å². The third-order valence-corrected chi connectivity index (χ3v) is 3.79. The molecule has 0 atom stereocenters. The molecule has 0 aliphatic rings. The maximum absolute atomic E-state index is 11.4. The minimum atomic E-state index is -4.46. The summed E-state index contributed by atoms with van der Waals surface area (Å²) in [7, 11) is -4.46. The monoisotopic (exact) mass is 263 g/mol. The summed E-state index contributed by atoms with van der Waals surface area (Å²) >= 11 is 0. The van der Waals surface area contributed by atoms with E-state index in [0.717, 1.165) is 10.8 Å². The molecule has 0 bridgehead atoms. The Bertz CT molecular complexity index is 695. The molecule has 0 saturated heterocycles. The summed E-state index contributed by atoms with van der Waals surface area (Å²) in [4.78, 5) is -0.117. The standard InChI is InChI=1S/C14H16O3S/c1-14(2,3)13-11-7-5-4-6-10(11)8-9-12(13)18(15,16)17/h4-9H,1-3H3,(H,15,16,17)/p-1. The van der Waals surface area contributed by atoms with E-state index in [9.17, 15) is 13.0 Å². The van der Waals surface area contributed by atoms with Crippen LogP contribution in [-0.4, -0.2) is 13.0 Å². The van der Waals surface area contributed by atoms with Crippen molar-refractivity contribution >= 4 is 20.9 Å². The molecule has 0 N–H and O–H groups in total. The molecule has 96 valence electrons. The maximum atomic E-state index is 11.4. The fourth-order valence-corrected chi connectivity index (χ4v) is 3.13. The van der Waals surface area contributed by atoms with E-state index in [-0.39, 0.29) is 4.90 Å². The minimum absolute atomic E-state index is 0.117. The molecule has 3 nitrogen and oxygen atoms in total. The second-order valence-electron chi connectivity index (χ2n) is 5.36. The van der Waals surface area contributed by atoms with Crippen molar-refractivity contribution in [2.75, 3.05) is 0 Å². The lowest BCUT2D eigenvalue weighted by molar-refractivity contribution is 0.458. The fourth-order valence-electron chi connectivity index (χ4n) is 2.23. The molecule has 0 amide bonds. The molecule has 0 aliphatic carbocycles. The quantitative estimate of drug-likeness (QED) is 0.743. The second kappa shape index (κ2) is 4.07. The predicted molar refractivity (Wildman–Crippen MR) is 70.6 cm³/mol. The SMILES string of the molecule is CC(C)(C)c1c(S(=O)(=O)[O-])ccc2ccccc12. The van der Waals surface area contributed by atoms with E-state index >= 15 is 0 Å². The van der Waals surface area contributed by atoms with Gasteiger partial charge in [0.25, 0.3) is 0 Å². The number of hydrogen-bond acceptors (Lipinski definition) is 3.